The molecule has 1 aliphatic rings. The van der Waals surface area contributed by atoms with Gasteiger partial charge in [0.1, 0.15) is 0 Å². The van der Waals surface area contributed by atoms with Crippen molar-refractivity contribution in [3.63, 3.8) is 0 Å². The lowest BCUT2D eigenvalue weighted by molar-refractivity contribution is -0.121. The van der Waals surface area contributed by atoms with Crippen LogP contribution in [0.25, 0.3) is 0 Å². The number of aromatic nitrogens is 1. The van der Waals surface area contributed by atoms with Crippen molar-refractivity contribution in [1.82, 2.24) is 15.6 Å². The van der Waals surface area contributed by atoms with Crippen LogP contribution in [0.5, 0.6) is 0 Å². The maximum Gasteiger partial charge on any atom is 0.224 e. The van der Waals surface area contributed by atoms with Crippen LogP contribution in [-0.2, 0) is 16.0 Å². The highest BCUT2D eigenvalue weighted by molar-refractivity contribution is 5.78. The van der Waals surface area contributed by atoms with E-state index >= 15 is 0 Å². The average molecular weight is 291 g/mol. The van der Waals surface area contributed by atoms with E-state index in [9.17, 15) is 4.79 Å². The number of amides is 1. The molecule has 1 aromatic heterocycles. The summed E-state index contributed by atoms with van der Waals surface area (Å²) in [4.78, 5) is 16.3. The summed E-state index contributed by atoms with van der Waals surface area (Å²) in [5.41, 5.74) is 1.98. The summed E-state index contributed by atoms with van der Waals surface area (Å²) in [7, 11) is 1.73. The minimum Gasteiger partial charge on any atom is -0.384 e. The fourth-order valence-electron chi connectivity index (χ4n) is 2.77. The molecule has 1 aliphatic heterocycles. The lowest BCUT2D eigenvalue weighted by atomic mass is 9.79. The van der Waals surface area contributed by atoms with E-state index in [4.69, 9.17) is 4.74 Å². The normalized spacial score (nSPS) is 17.4. The number of pyridine rings is 1. The van der Waals surface area contributed by atoms with Gasteiger partial charge in [-0.05, 0) is 44.5 Å². The van der Waals surface area contributed by atoms with Crippen LogP contribution >= 0.6 is 0 Å². The summed E-state index contributed by atoms with van der Waals surface area (Å²) in [5.74, 6) is 0.0506. The van der Waals surface area contributed by atoms with Crippen molar-refractivity contribution in [2.24, 2.45) is 5.41 Å². The summed E-state index contributed by atoms with van der Waals surface area (Å²) < 4.78 is 5.36. The highest BCUT2D eigenvalue weighted by Gasteiger charge is 2.32. The van der Waals surface area contributed by atoms with Crippen molar-refractivity contribution in [3.05, 3.63) is 29.6 Å². The van der Waals surface area contributed by atoms with Crippen LogP contribution in [0, 0.1) is 12.3 Å². The smallest absolute Gasteiger partial charge is 0.224 e. The Hall–Kier alpha value is -1.46. The van der Waals surface area contributed by atoms with E-state index in [2.05, 4.69) is 15.6 Å². The molecular weight excluding hydrogens is 266 g/mol. The number of piperidine rings is 1. The third-order valence-corrected chi connectivity index (χ3v) is 4.11. The Labute approximate surface area is 126 Å². The first-order chi connectivity index (χ1) is 10.1. The van der Waals surface area contributed by atoms with Crippen molar-refractivity contribution < 1.29 is 9.53 Å². The molecule has 21 heavy (non-hydrogen) atoms. The molecule has 5 nitrogen and oxygen atoms in total. The number of nitrogens with one attached hydrogen (secondary N) is 2. The van der Waals surface area contributed by atoms with Crippen LogP contribution in [0.4, 0.5) is 0 Å². The van der Waals surface area contributed by atoms with Crippen molar-refractivity contribution in [2.45, 2.75) is 26.2 Å². The number of carbonyl (C=O) groups is 1. The molecule has 1 fully saturated rings. The molecule has 2 N–H and O–H groups in total. The average Bonchev–Trinajstić information content (AvgIpc) is 2.49. The number of ether oxygens (including phenoxy) is 1. The molecule has 0 radical (unpaired) electrons. The molecule has 0 saturated carbocycles. The summed E-state index contributed by atoms with van der Waals surface area (Å²) in [6.07, 6.45) is 4.22. The summed E-state index contributed by atoms with van der Waals surface area (Å²) in [6.45, 7) is 5.29. The van der Waals surface area contributed by atoms with E-state index in [1.54, 1.807) is 13.3 Å². The molecule has 0 atom stereocenters. The highest BCUT2D eigenvalue weighted by Crippen LogP contribution is 2.28. The SMILES string of the molecule is COCC1(CNC(=O)Cc2ccc(C)nc2)CCNCC1. The lowest BCUT2D eigenvalue weighted by Crippen LogP contribution is -2.47. The van der Waals surface area contributed by atoms with Crippen LogP contribution < -0.4 is 10.6 Å². The van der Waals surface area contributed by atoms with Crippen LogP contribution in [0.15, 0.2) is 18.3 Å². The molecule has 0 aliphatic carbocycles. The van der Waals surface area contributed by atoms with Gasteiger partial charge < -0.3 is 15.4 Å². The van der Waals surface area contributed by atoms with Crippen LogP contribution in [0.1, 0.15) is 24.1 Å². The first-order valence-corrected chi connectivity index (χ1v) is 7.51. The Morgan fingerprint density at radius 3 is 2.81 bits per heavy atom. The fourth-order valence-corrected chi connectivity index (χ4v) is 2.77. The molecule has 0 spiro atoms. The summed E-state index contributed by atoms with van der Waals surface area (Å²) in [6, 6.07) is 3.89. The zero-order valence-corrected chi connectivity index (χ0v) is 12.9. The van der Waals surface area contributed by atoms with Gasteiger partial charge in [-0.3, -0.25) is 9.78 Å². The number of aryl methyl sites for hydroxylation is 1. The minimum atomic E-state index is 0.0506. The largest absolute Gasteiger partial charge is 0.384 e. The molecular formula is C16H25N3O2. The predicted octanol–water partition coefficient (Wildman–Crippen LogP) is 1.06. The van der Waals surface area contributed by atoms with Gasteiger partial charge in [0.15, 0.2) is 0 Å². The first kappa shape index (κ1) is 15.9. The zero-order chi connectivity index (χ0) is 15.1. The van der Waals surface area contributed by atoms with Crippen LogP contribution in [0.2, 0.25) is 0 Å². The number of hydrogen-bond acceptors (Lipinski definition) is 4. The number of carbonyl (C=O) groups excluding carboxylic acids is 1. The predicted molar refractivity (Wildman–Crippen MR) is 82.1 cm³/mol. The van der Waals surface area contributed by atoms with E-state index in [1.165, 1.54) is 0 Å². The molecule has 2 heterocycles. The van der Waals surface area contributed by atoms with E-state index in [-0.39, 0.29) is 11.3 Å². The van der Waals surface area contributed by atoms with Crippen LogP contribution in [-0.4, -0.2) is 44.2 Å². The van der Waals surface area contributed by atoms with E-state index in [0.29, 0.717) is 19.6 Å². The first-order valence-electron chi connectivity index (χ1n) is 7.51. The van der Waals surface area contributed by atoms with Gasteiger partial charge in [0.25, 0.3) is 0 Å². The summed E-state index contributed by atoms with van der Waals surface area (Å²) in [5, 5.41) is 6.42. The Balaban J connectivity index is 1.85. The van der Waals surface area contributed by atoms with Gasteiger partial charge in [-0.15, -0.1) is 0 Å². The Morgan fingerprint density at radius 2 is 2.19 bits per heavy atom. The second-order valence-corrected chi connectivity index (χ2v) is 5.94. The van der Waals surface area contributed by atoms with Crippen molar-refractivity contribution >= 4 is 5.91 Å². The topological polar surface area (TPSA) is 63.2 Å². The number of nitrogens with zero attached hydrogens (tertiary/aromatic N) is 1. The second kappa shape index (κ2) is 7.52. The number of hydrogen-bond donors (Lipinski definition) is 2. The minimum absolute atomic E-state index is 0.0506. The molecule has 2 rings (SSSR count). The Bertz CT molecular complexity index is 448. The number of rotatable bonds is 6. The van der Waals surface area contributed by atoms with Crippen molar-refractivity contribution in [1.29, 1.82) is 0 Å². The van der Waals surface area contributed by atoms with Gasteiger partial charge in [-0.2, -0.15) is 0 Å². The molecule has 5 heteroatoms. The monoisotopic (exact) mass is 291 g/mol. The lowest BCUT2D eigenvalue weighted by Gasteiger charge is -2.37. The van der Waals surface area contributed by atoms with Gasteiger partial charge in [-0.25, -0.2) is 0 Å². The number of methoxy groups -OCH3 is 1. The van der Waals surface area contributed by atoms with E-state index in [1.807, 2.05) is 19.1 Å². The van der Waals surface area contributed by atoms with Gasteiger partial charge >= 0.3 is 0 Å². The van der Waals surface area contributed by atoms with Gasteiger partial charge in [0.05, 0.1) is 13.0 Å². The molecule has 0 aromatic carbocycles. The molecule has 1 amide bonds. The summed E-state index contributed by atoms with van der Waals surface area (Å²) >= 11 is 0. The van der Waals surface area contributed by atoms with Crippen molar-refractivity contribution in [3.8, 4) is 0 Å². The Morgan fingerprint density at radius 1 is 1.43 bits per heavy atom. The van der Waals surface area contributed by atoms with Crippen molar-refractivity contribution in [2.75, 3.05) is 33.4 Å². The van der Waals surface area contributed by atoms with Gasteiger partial charge in [-0.1, -0.05) is 6.07 Å². The highest BCUT2D eigenvalue weighted by atomic mass is 16.5. The fraction of sp³-hybridized carbons (Fsp3) is 0.625. The Kier molecular flexibility index (Phi) is 5.70. The van der Waals surface area contributed by atoms with Gasteiger partial charge in [0, 0.05) is 31.0 Å². The molecule has 1 aromatic rings. The maximum atomic E-state index is 12.1. The standard InChI is InChI=1S/C16H25N3O2/c1-13-3-4-14(10-18-13)9-15(20)19-11-16(12-21-2)5-7-17-8-6-16/h3-4,10,17H,5-9,11-12H2,1-2H3,(H,19,20). The van der Waals surface area contributed by atoms with Crippen LogP contribution in [0.3, 0.4) is 0 Å². The third kappa shape index (κ3) is 4.79. The van der Waals surface area contributed by atoms with E-state index in [0.717, 1.165) is 37.2 Å². The second-order valence-electron chi connectivity index (χ2n) is 5.94. The molecule has 0 unspecified atom stereocenters. The quantitative estimate of drug-likeness (QED) is 0.823. The van der Waals surface area contributed by atoms with Gasteiger partial charge in [0.2, 0.25) is 5.91 Å². The maximum absolute atomic E-state index is 12.1. The van der Waals surface area contributed by atoms with E-state index < -0.39 is 0 Å². The molecule has 116 valence electrons. The zero-order valence-electron chi connectivity index (χ0n) is 12.9. The molecule has 1 saturated heterocycles. The third-order valence-electron chi connectivity index (χ3n) is 4.11. The molecule has 0 bridgehead atoms.